The lowest BCUT2D eigenvalue weighted by Crippen LogP contribution is -2.50. The van der Waals surface area contributed by atoms with Crippen molar-refractivity contribution in [2.75, 3.05) is 5.73 Å². The molecule has 0 saturated carbocycles. The van der Waals surface area contributed by atoms with Crippen LogP contribution in [0.15, 0.2) is 24.3 Å². The normalized spacial score (nSPS) is 13.5. The number of hydrogen-bond acceptors (Lipinski definition) is 4. The van der Waals surface area contributed by atoms with Gasteiger partial charge in [0.05, 0.1) is 16.5 Å². The molecule has 5 heteroatoms. The average molecular weight is 278 g/mol. The molecule has 4 N–H and O–H groups in total. The maximum atomic E-state index is 12.2. The Bertz CT molecular complexity index is 617. The van der Waals surface area contributed by atoms with Gasteiger partial charge in [-0.1, -0.05) is 0 Å². The Kier molecular flexibility index (Phi) is 3.52. The lowest BCUT2D eigenvalue weighted by atomic mass is 9.99. The van der Waals surface area contributed by atoms with Crippen LogP contribution in [0.4, 0.5) is 5.69 Å². The summed E-state index contributed by atoms with van der Waals surface area (Å²) >= 11 is 1.42. The summed E-state index contributed by atoms with van der Waals surface area (Å²) in [6.45, 7) is 5.24. The van der Waals surface area contributed by atoms with Gasteiger partial charge in [-0.2, -0.15) is 0 Å². The van der Waals surface area contributed by atoms with Gasteiger partial charge in [0.1, 0.15) is 0 Å². The Morgan fingerprint density at radius 2 is 2.11 bits per heavy atom. The Hall–Kier alpha value is -1.59. The summed E-state index contributed by atoms with van der Waals surface area (Å²) in [6.07, 6.45) is -0.624. The van der Waals surface area contributed by atoms with Crippen molar-refractivity contribution in [2.24, 2.45) is 0 Å². The van der Waals surface area contributed by atoms with Crippen LogP contribution < -0.4 is 11.1 Å². The van der Waals surface area contributed by atoms with E-state index in [0.29, 0.717) is 10.6 Å². The molecule has 1 heterocycles. The summed E-state index contributed by atoms with van der Waals surface area (Å²) in [5, 5.41) is 13.4. The molecule has 2 rings (SSSR count). The molecule has 2 aromatic rings. The molecule has 4 nitrogen and oxygen atoms in total. The van der Waals surface area contributed by atoms with Crippen LogP contribution >= 0.6 is 11.3 Å². The Balaban J connectivity index is 2.27. The van der Waals surface area contributed by atoms with Crippen molar-refractivity contribution in [2.45, 2.75) is 32.4 Å². The monoisotopic (exact) mass is 278 g/mol. The van der Waals surface area contributed by atoms with Gasteiger partial charge in [0.15, 0.2) is 0 Å². The maximum Gasteiger partial charge on any atom is 0.261 e. The van der Waals surface area contributed by atoms with E-state index in [0.717, 1.165) is 10.1 Å². The fourth-order valence-electron chi connectivity index (χ4n) is 1.63. The zero-order valence-electron chi connectivity index (χ0n) is 11.2. The standard InChI is InChI=1S/C14H18N2O2S/c1-8(17)14(2,3)16-13(18)12-7-9-6-10(15)4-5-11(9)19-12/h4-8,17H,15H2,1-3H3,(H,16,18). The lowest BCUT2D eigenvalue weighted by molar-refractivity contribution is 0.0713. The highest BCUT2D eigenvalue weighted by atomic mass is 32.1. The number of thiophene rings is 1. The highest BCUT2D eigenvalue weighted by Crippen LogP contribution is 2.27. The maximum absolute atomic E-state index is 12.2. The third kappa shape index (κ3) is 2.88. The Morgan fingerprint density at radius 1 is 1.42 bits per heavy atom. The molecular weight excluding hydrogens is 260 g/mol. The minimum absolute atomic E-state index is 0.175. The molecule has 0 aliphatic heterocycles. The number of amides is 1. The predicted octanol–water partition coefficient (Wildman–Crippen LogP) is 2.37. The van der Waals surface area contributed by atoms with Crippen molar-refractivity contribution < 1.29 is 9.90 Å². The van der Waals surface area contributed by atoms with E-state index in [1.54, 1.807) is 20.8 Å². The molecule has 0 spiro atoms. The second-order valence-electron chi connectivity index (χ2n) is 5.26. The molecule has 0 radical (unpaired) electrons. The van der Waals surface area contributed by atoms with E-state index in [9.17, 15) is 9.90 Å². The van der Waals surface area contributed by atoms with Gasteiger partial charge in [0, 0.05) is 10.4 Å². The van der Waals surface area contributed by atoms with Crippen LogP contribution in [0, 0.1) is 0 Å². The molecule has 1 unspecified atom stereocenters. The van der Waals surface area contributed by atoms with Gasteiger partial charge >= 0.3 is 0 Å². The van der Waals surface area contributed by atoms with E-state index >= 15 is 0 Å². The van der Waals surface area contributed by atoms with E-state index < -0.39 is 11.6 Å². The Morgan fingerprint density at radius 3 is 2.74 bits per heavy atom. The minimum Gasteiger partial charge on any atom is -0.399 e. The topological polar surface area (TPSA) is 75.3 Å². The fourth-order valence-corrected chi connectivity index (χ4v) is 2.57. The molecule has 1 aromatic carbocycles. The number of nitrogens with one attached hydrogen (secondary N) is 1. The number of nitrogen functional groups attached to an aromatic ring is 1. The molecule has 1 atom stereocenters. The number of aliphatic hydroxyl groups excluding tert-OH is 1. The van der Waals surface area contributed by atoms with Crippen molar-refractivity contribution in [3.8, 4) is 0 Å². The number of aliphatic hydroxyl groups is 1. The SMILES string of the molecule is CC(O)C(C)(C)NC(=O)c1cc2cc(N)ccc2s1. The van der Waals surface area contributed by atoms with E-state index in [2.05, 4.69) is 5.32 Å². The van der Waals surface area contributed by atoms with Crippen LogP contribution in [0.2, 0.25) is 0 Å². The van der Waals surface area contributed by atoms with Crippen LogP contribution in [0.25, 0.3) is 10.1 Å². The smallest absolute Gasteiger partial charge is 0.261 e. The summed E-state index contributed by atoms with van der Waals surface area (Å²) in [7, 11) is 0. The van der Waals surface area contributed by atoms with Crippen molar-refractivity contribution in [1.29, 1.82) is 0 Å². The first kappa shape index (κ1) is 13.8. The second kappa shape index (κ2) is 4.83. The molecule has 19 heavy (non-hydrogen) atoms. The highest BCUT2D eigenvalue weighted by molar-refractivity contribution is 7.20. The van der Waals surface area contributed by atoms with Crippen molar-refractivity contribution in [3.63, 3.8) is 0 Å². The molecule has 1 amide bonds. The van der Waals surface area contributed by atoms with Crippen molar-refractivity contribution in [1.82, 2.24) is 5.32 Å². The first-order valence-electron chi connectivity index (χ1n) is 6.09. The molecule has 0 fully saturated rings. The molecule has 0 aliphatic rings. The van der Waals surface area contributed by atoms with E-state index in [1.807, 2.05) is 24.3 Å². The summed E-state index contributed by atoms with van der Waals surface area (Å²) in [5.41, 5.74) is 5.74. The number of hydrogen-bond donors (Lipinski definition) is 3. The zero-order chi connectivity index (χ0) is 14.2. The van der Waals surface area contributed by atoms with Crippen LogP contribution in [-0.2, 0) is 0 Å². The van der Waals surface area contributed by atoms with Gasteiger partial charge in [0.25, 0.3) is 5.91 Å². The first-order chi connectivity index (χ1) is 8.79. The van der Waals surface area contributed by atoms with E-state index in [4.69, 9.17) is 5.73 Å². The van der Waals surface area contributed by atoms with Gasteiger partial charge < -0.3 is 16.2 Å². The molecule has 0 saturated heterocycles. The number of fused-ring (bicyclic) bond motifs is 1. The largest absolute Gasteiger partial charge is 0.399 e. The number of nitrogens with two attached hydrogens (primary N) is 1. The van der Waals surface area contributed by atoms with E-state index in [-0.39, 0.29) is 5.91 Å². The number of benzene rings is 1. The van der Waals surface area contributed by atoms with Gasteiger partial charge in [-0.25, -0.2) is 0 Å². The van der Waals surface area contributed by atoms with Crippen molar-refractivity contribution >= 4 is 33.0 Å². The summed E-state index contributed by atoms with van der Waals surface area (Å²) < 4.78 is 1.02. The highest BCUT2D eigenvalue weighted by Gasteiger charge is 2.27. The molecular formula is C14H18N2O2S. The number of rotatable bonds is 3. The number of carbonyl (C=O) groups excluding carboxylic acids is 1. The Labute approximate surface area is 116 Å². The van der Waals surface area contributed by atoms with Gasteiger partial charge in [0.2, 0.25) is 0 Å². The summed E-state index contributed by atoms with van der Waals surface area (Å²) in [4.78, 5) is 12.8. The first-order valence-corrected chi connectivity index (χ1v) is 6.91. The van der Waals surface area contributed by atoms with Gasteiger partial charge in [-0.15, -0.1) is 11.3 Å². The van der Waals surface area contributed by atoms with Crippen LogP contribution in [0.5, 0.6) is 0 Å². The third-order valence-corrected chi connectivity index (χ3v) is 4.36. The number of carbonyl (C=O) groups is 1. The lowest BCUT2D eigenvalue weighted by Gasteiger charge is -2.29. The number of anilines is 1. The summed E-state index contributed by atoms with van der Waals surface area (Å²) in [6, 6.07) is 7.40. The third-order valence-electron chi connectivity index (χ3n) is 3.24. The van der Waals surface area contributed by atoms with Crippen LogP contribution in [-0.4, -0.2) is 22.7 Å². The van der Waals surface area contributed by atoms with Crippen molar-refractivity contribution in [3.05, 3.63) is 29.1 Å². The minimum atomic E-state index is -0.660. The fraction of sp³-hybridized carbons (Fsp3) is 0.357. The van der Waals surface area contributed by atoms with Crippen LogP contribution in [0.1, 0.15) is 30.4 Å². The molecule has 0 bridgehead atoms. The zero-order valence-corrected chi connectivity index (χ0v) is 12.0. The quantitative estimate of drug-likeness (QED) is 0.754. The second-order valence-corrected chi connectivity index (χ2v) is 6.34. The van der Waals surface area contributed by atoms with Gasteiger partial charge in [-0.3, -0.25) is 4.79 Å². The molecule has 1 aromatic heterocycles. The van der Waals surface area contributed by atoms with Crippen LogP contribution in [0.3, 0.4) is 0 Å². The average Bonchev–Trinajstić information content (AvgIpc) is 2.71. The van der Waals surface area contributed by atoms with E-state index in [1.165, 1.54) is 11.3 Å². The van der Waals surface area contributed by atoms with Gasteiger partial charge in [-0.05, 0) is 50.4 Å². The molecule has 0 aliphatic carbocycles. The molecule has 102 valence electrons. The predicted molar refractivity (Wildman–Crippen MR) is 79.5 cm³/mol. The summed E-state index contributed by atoms with van der Waals surface area (Å²) in [5.74, 6) is -0.175.